The van der Waals surface area contributed by atoms with Crippen molar-refractivity contribution >= 4 is 5.96 Å². The number of nitrogens with one attached hydrogen (secondary N) is 2. The maximum atomic E-state index is 13.2. The molecule has 0 radical (unpaired) electrons. The van der Waals surface area contributed by atoms with E-state index in [0.29, 0.717) is 12.5 Å². The molecular weight excluding hydrogens is 303 g/mol. The van der Waals surface area contributed by atoms with Gasteiger partial charge in [0, 0.05) is 20.1 Å². The van der Waals surface area contributed by atoms with E-state index in [4.69, 9.17) is 0 Å². The average Bonchev–Trinajstić information content (AvgIpc) is 2.58. The van der Waals surface area contributed by atoms with Gasteiger partial charge in [0.1, 0.15) is 5.82 Å². The predicted molar refractivity (Wildman–Crippen MR) is 97.5 cm³/mol. The van der Waals surface area contributed by atoms with Crippen LogP contribution in [0.4, 0.5) is 4.39 Å². The van der Waals surface area contributed by atoms with Crippen LogP contribution < -0.4 is 10.6 Å². The summed E-state index contributed by atoms with van der Waals surface area (Å²) in [5.41, 5.74) is 2.13. The number of likely N-dealkylation sites (N-methyl/N-ethyl adjacent to an activating group) is 1. The quantitative estimate of drug-likeness (QED) is 0.633. The second kappa shape index (κ2) is 9.03. The minimum absolute atomic E-state index is 0.228. The second-order valence-electron chi connectivity index (χ2n) is 5.83. The molecule has 0 spiro atoms. The molecular formula is C19H25FN4. The van der Waals surface area contributed by atoms with Gasteiger partial charge in [-0.1, -0.05) is 42.5 Å². The number of hydrogen-bond acceptors (Lipinski definition) is 2. The zero-order valence-corrected chi connectivity index (χ0v) is 14.5. The third kappa shape index (κ3) is 5.35. The number of benzene rings is 2. The van der Waals surface area contributed by atoms with E-state index in [9.17, 15) is 4.39 Å². The maximum Gasteiger partial charge on any atom is 0.191 e. The lowest BCUT2D eigenvalue weighted by atomic mass is 10.1. The Hall–Kier alpha value is -2.40. The summed E-state index contributed by atoms with van der Waals surface area (Å²) in [6.45, 7) is 1.25. The van der Waals surface area contributed by atoms with Gasteiger partial charge in [-0.25, -0.2) is 4.39 Å². The van der Waals surface area contributed by atoms with Gasteiger partial charge in [-0.3, -0.25) is 4.99 Å². The van der Waals surface area contributed by atoms with Crippen molar-refractivity contribution in [1.82, 2.24) is 15.5 Å². The van der Waals surface area contributed by atoms with Gasteiger partial charge in [0.15, 0.2) is 5.96 Å². The molecule has 0 heterocycles. The molecule has 5 heteroatoms. The molecule has 0 bridgehead atoms. The number of nitrogens with zero attached hydrogens (tertiary/aromatic N) is 2. The number of guanidine groups is 1. The Morgan fingerprint density at radius 1 is 1.08 bits per heavy atom. The van der Waals surface area contributed by atoms with Crippen molar-refractivity contribution in [2.75, 3.05) is 27.7 Å². The lowest BCUT2D eigenvalue weighted by molar-refractivity contribution is 0.298. The van der Waals surface area contributed by atoms with Crippen molar-refractivity contribution in [2.45, 2.75) is 12.6 Å². The normalized spacial score (nSPS) is 13.0. The van der Waals surface area contributed by atoms with E-state index in [1.54, 1.807) is 13.1 Å². The standard InChI is InChI=1S/C19H25FN4/c1-21-19(22-13-15-8-7-11-17(20)12-15)23-14-18(24(2)3)16-9-5-4-6-10-16/h4-12,18H,13-14H2,1-3H3,(H2,21,22,23). The first-order valence-corrected chi connectivity index (χ1v) is 8.00. The zero-order chi connectivity index (χ0) is 17.4. The Kier molecular flexibility index (Phi) is 6.75. The summed E-state index contributed by atoms with van der Waals surface area (Å²) in [7, 11) is 5.85. The summed E-state index contributed by atoms with van der Waals surface area (Å²) >= 11 is 0. The largest absolute Gasteiger partial charge is 0.354 e. The lowest BCUT2D eigenvalue weighted by Gasteiger charge is -2.26. The summed E-state index contributed by atoms with van der Waals surface area (Å²) < 4.78 is 13.2. The Bertz CT molecular complexity index is 655. The molecule has 2 aromatic carbocycles. The molecule has 0 amide bonds. The summed E-state index contributed by atoms with van der Waals surface area (Å²) in [6.07, 6.45) is 0. The van der Waals surface area contributed by atoms with E-state index in [1.165, 1.54) is 17.7 Å². The number of rotatable bonds is 6. The summed E-state index contributed by atoms with van der Waals surface area (Å²) in [5, 5.41) is 6.55. The van der Waals surface area contributed by atoms with Crippen LogP contribution in [0.3, 0.4) is 0 Å². The van der Waals surface area contributed by atoms with Crippen molar-refractivity contribution < 1.29 is 4.39 Å². The highest BCUT2D eigenvalue weighted by molar-refractivity contribution is 5.79. The minimum Gasteiger partial charge on any atom is -0.354 e. The Morgan fingerprint density at radius 3 is 2.46 bits per heavy atom. The fourth-order valence-electron chi connectivity index (χ4n) is 2.52. The van der Waals surface area contributed by atoms with Gasteiger partial charge < -0.3 is 15.5 Å². The van der Waals surface area contributed by atoms with Crippen molar-refractivity contribution in [3.63, 3.8) is 0 Å². The molecule has 1 atom stereocenters. The van der Waals surface area contributed by atoms with E-state index in [1.807, 2.05) is 24.3 Å². The van der Waals surface area contributed by atoms with Crippen LogP contribution in [0.25, 0.3) is 0 Å². The monoisotopic (exact) mass is 328 g/mol. The molecule has 1 unspecified atom stereocenters. The van der Waals surface area contributed by atoms with Gasteiger partial charge >= 0.3 is 0 Å². The molecule has 0 aliphatic carbocycles. The molecule has 2 N–H and O–H groups in total. The molecule has 2 aromatic rings. The molecule has 4 nitrogen and oxygen atoms in total. The number of aliphatic imine (C=N–C) groups is 1. The van der Waals surface area contributed by atoms with Gasteiger partial charge in [0.2, 0.25) is 0 Å². The highest BCUT2D eigenvalue weighted by Gasteiger charge is 2.14. The topological polar surface area (TPSA) is 39.7 Å². The van der Waals surface area contributed by atoms with E-state index in [-0.39, 0.29) is 11.9 Å². The fourth-order valence-corrected chi connectivity index (χ4v) is 2.52. The van der Waals surface area contributed by atoms with E-state index >= 15 is 0 Å². The van der Waals surface area contributed by atoms with Crippen LogP contribution in [0.1, 0.15) is 17.2 Å². The van der Waals surface area contributed by atoms with Gasteiger partial charge in [-0.05, 0) is 37.4 Å². The number of hydrogen-bond donors (Lipinski definition) is 2. The van der Waals surface area contributed by atoms with Crippen molar-refractivity contribution in [3.05, 3.63) is 71.5 Å². The SMILES string of the molecule is CN=C(NCc1cccc(F)c1)NCC(c1ccccc1)N(C)C. The third-order valence-electron chi connectivity index (χ3n) is 3.84. The first-order valence-electron chi connectivity index (χ1n) is 8.00. The molecule has 0 aromatic heterocycles. The van der Waals surface area contributed by atoms with E-state index < -0.39 is 0 Å². The van der Waals surface area contributed by atoms with Crippen LogP contribution in [0.5, 0.6) is 0 Å². The first kappa shape index (κ1) is 17.9. The third-order valence-corrected chi connectivity index (χ3v) is 3.84. The predicted octanol–water partition coefficient (Wildman–Crippen LogP) is 2.79. The highest BCUT2D eigenvalue weighted by atomic mass is 19.1. The summed E-state index contributed by atoms with van der Waals surface area (Å²) in [4.78, 5) is 6.40. The highest BCUT2D eigenvalue weighted by Crippen LogP contribution is 2.16. The van der Waals surface area contributed by atoms with Crippen LogP contribution in [-0.4, -0.2) is 38.5 Å². The Balaban J connectivity index is 1.92. The van der Waals surface area contributed by atoms with Gasteiger partial charge in [-0.2, -0.15) is 0 Å². The zero-order valence-electron chi connectivity index (χ0n) is 14.5. The van der Waals surface area contributed by atoms with Crippen LogP contribution in [0, 0.1) is 5.82 Å². The van der Waals surface area contributed by atoms with Gasteiger partial charge in [0.25, 0.3) is 0 Å². The molecule has 0 saturated carbocycles. The summed E-state index contributed by atoms with van der Waals surface area (Å²) in [6, 6.07) is 17.1. The molecule has 0 aliphatic heterocycles. The van der Waals surface area contributed by atoms with Crippen LogP contribution in [0.15, 0.2) is 59.6 Å². The summed E-state index contributed by atoms with van der Waals surface area (Å²) in [5.74, 6) is 0.469. The molecule has 128 valence electrons. The van der Waals surface area contributed by atoms with E-state index in [2.05, 4.69) is 46.8 Å². The molecule has 0 saturated heterocycles. The Morgan fingerprint density at radius 2 is 1.83 bits per heavy atom. The van der Waals surface area contributed by atoms with Crippen molar-refractivity contribution in [2.24, 2.45) is 4.99 Å². The average molecular weight is 328 g/mol. The minimum atomic E-state index is -0.228. The second-order valence-corrected chi connectivity index (χ2v) is 5.83. The van der Waals surface area contributed by atoms with Crippen LogP contribution in [-0.2, 0) is 6.54 Å². The maximum absolute atomic E-state index is 13.2. The first-order chi connectivity index (χ1) is 11.6. The van der Waals surface area contributed by atoms with Crippen LogP contribution >= 0.6 is 0 Å². The van der Waals surface area contributed by atoms with Gasteiger partial charge in [-0.15, -0.1) is 0 Å². The molecule has 2 rings (SSSR count). The molecule has 0 aliphatic rings. The van der Waals surface area contributed by atoms with E-state index in [0.717, 1.165) is 12.1 Å². The van der Waals surface area contributed by atoms with Gasteiger partial charge in [0.05, 0.1) is 6.04 Å². The molecule has 24 heavy (non-hydrogen) atoms. The smallest absolute Gasteiger partial charge is 0.191 e. The lowest BCUT2D eigenvalue weighted by Crippen LogP contribution is -2.41. The fraction of sp³-hybridized carbons (Fsp3) is 0.316. The number of halogens is 1. The van der Waals surface area contributed by atoms with Crippen molar-refractivity contribution in [1.29, 1.82) is 0 Å². The molecule has 0 fully saturated rings. The Labute approximate surface area is 143 Å². The van der Waals surface area contributed by atoms with Crippen LogP contribution in [0.2, 0.25) is 0 Å². The van der Waals surface area contributed by atoms with Crippen molar-refractivity contribution in [3.8, 4) is 0 Å².